The lowest BCUT2D eigenvalue weighted by molar-refractivity contribution is 0.618. The minimum Gasteiger partial charge on any atom is -0.371 e. The van der Waals surface area contributed by atoms with Crippen LogP contribution in [0.25, 0.3) is 11.3 Å². The molecule has 0 atom stereocenters. The van der Waals surface area contributed by atoms with Crippen molar-refractivity contribution in [3.63, 3.8) is 0 Å². The van der Waals surface area contributed by atoms with Gasteiger partial charge in [0.05, 0.1) is 5.56 Å². The SMILES string of the molecule is CNc1nnc(-c2ccccc2)c(F)c1C(C)=N. The van der Waals surface area contributed by atoms with Gasteiger partial charge in [0, 0.05) is 18.3 Å². The van der Waals surface area contributed by atoms with Gasteiger partial charge in [0.2, 0.25) is 0 Å². The van der Waals surface area contributed by atoms with Gasteiger partial charge in [-0.1, -0.05) is 30.3 Å². The zero-order valence-electron chi connectivity index (χ0n) is 10.2. The predicted molar refractivity (Wildman–Crippen MR) is 69.5 cm³/mol. The maximum atomic E-state index is 14.4. The van der Waals surface area contributed by atoms with Crippen LogP contribution in [0.4, 0.5) is 10.2 Å². The first-order valence-electron chi connectivity index (χ1n) is 5.50. The smallest absolute Gasteiger partial charge is 0.164 e. The summed E-state index contributed by atoms with van der Waals surface area (Å²) in [4.78, 5) is 0. The van der Waals surface area contributed by atoms with Crippen molar-refractivity contribution in [1.82, 2.24) is 10.2 Å². The summed E-state index contributed by atoms with van der Waals surface area (Å²) in [6.07, 6.45) is 0. The molecule has 0 aliphatic carbocycles. The van der Waals surface area contributed by atoms with Crippen LogP contribution in [0, 0.1) is 11.2 Å². The van der Waals surface area contributed by atoms with E-state index in [4.69, 9.17) is 5.41 Å². The molecule has 2 N–H and O–H groups in total. The van der Waals surface area contributed by atoms with Gasteiger partial charge in [0.15, 0.2) is 11.6 Å². The van der Waals surface area contributed by atoms with Gasteiger partial charge in [-0.05, 0) is 6.92 Å². The van der Waals surface area contributed by atoms with Crippen LogP contribution in [-0.2, 0) is 0 Å². The molecule has 0 radical (unpaired) electrons. The highest BCUT2D eigenvalue weighted by Gasteiger charge is 2.18. The quantitative estimate of drug-likeness (QED) is 0.816. The highest BCUT2D eigenvalue weighted by atomic mass is 19.1. The number of benzene rings is 1. The summed E-state index contributed by atoms with van der Waals surface area (Å²) in [5.74, 6) is -0.243. The maximum Gasteiger partial charge on any atom is 0.164 e. The normalized spacial score (nSPS) is 10.2. The van der Waals surface area contributed by atoms with Crippen LogP contribution >= 0.6 is 0 Å². The van der Waals surface area contributed by atoms with Crippen LogP contribution in [0.5, 0.6) is 0 Å². The Morgan fingerprint density at radius 3 is 2.44 bits per heavy atom. The van der Waals surface area contributed by atoms with Crippen molar-refractivity contribution >= 4 is 11.5 Å². The molecule has 2 aromatic rings. The highest BCUT2D eigenvalue weighted by Crippen LogP contribution is 2.25. The van der Waals surface area contributed by atoms with E-state index in [2.05, 4.69) is 15.5 Å². The zero-order chi connectivity index (χ0) is 13.1. The van der Waals surface area contributed by atoms with Crippen molar-refractivity contribution in [2.24, 2.45) is 0 Å². The van der Waals surface area contributed by atoms with E-state index >= 15 is 0 Å². The molecule has 0 aliphatic heterocycles. The van der Waals surface area contributed by atoms with E-state index < -0.39 is 5.82 Å². The second-order valence-corrected chi connectivity index (χ2v) is 3.83. The summed E-state index contributed by atoms with van der Waals surface area (Å²) in [5.41, 5.74) is 1.08. The van der Waals surface area contributed by atoms with Crippen molar-refractivity contribution in [2.45, 2.75) is 6.92 Å². The van der Waals surface area contributed by atoms with E-state index in [0.717, 1.165) is 0 Å². The van der Waals surface area contributed by atoms with Crippen LogP contribution in [0.2, 0.25) is 0 Å². The molecule has 5 heteroatoms. The van der Waals surface area contributed by atoms with Gasteiger partial charge in [-0.3, -0.25) is 0 Å². The lowest BCUT2D eigenvalue weighted by Gasteiger charge is -2.10. The Bertz CT molecular complexity index is 581. The summed E-state index contributed by atoms with van der Waals surface area (Å²) >= 11 is 0. The monoisotopic (exact) mass is 244 g/mol. The molecule has 2 rings (SSSR count). The number of anilines is 1. The van der Waals surface area contributed by atoms with Gasteiger partial charge in [0.1, 0.15) is 5.69 Å². The maximum absolute atomic E-state index is 14.4. The van der Waals surface area contributed by atoms with Crippen molar-refractivity contribution < 1.29 is 4.39 Å². The van der Waals surface area contributed by atoms with E-state index in [-0.39, 0.29) is 22.8 Å². The molecule has 0 bridgehead atoms. The first-order valence-corrected chi connectivity index (χ1v) is 5.50. The van der Waals surface area contributed by atoms with Crippen LogP contribution in [-0.4, -0.2) is 23.0 Å². The summed E-state index contributed by atoms with van der Waals surface area (Å²) < 4.78 is 14.4. The van der Waals surface area contributed by atoms with E-state index in [0.29, 0.717) is 5.56 Å². The lowest BCUT2D eigenvalue weighted by Crippen LogP contribution is -2.09. The Morgan fingerprint density at radius 2 is 1.89 bits per heavy atom. The van der Waals surface area contributed by atoms with Gasteiger partial charge in [-0.15, -0.1) is 10.2 Å². The Kier molecular flexibility index (Phi) is 3.32. The third kappa shape index (κ3) is 2.07. The number of nitrogens with zero attached hydrogens (tertiary/aromatic N) is 2. The first-order chi connectivity index (χ1) is 8.65. The summed E-state index contributed by atoms with van der Waals surface area (Å²) in [5, 5.41) is 18.2. The molecular formula is C13H13FN4. The van der Waals surface area contributed by atoms with Crippen molar-refractivity contribution in [1.29, 1.82) is 5.41 Å². The molecule has 0 aliphatic rings. The Hall–Kier alpha value is -2.30. The van der Waals surface area contributed by atoms with Crippen LogP contribution in [0.3, 0.4) is 0 Å². The Balaban J connectivity index is 2.65. The minimum absolute atomic E-state index is 0.115. The van der Waals surface area contributed by atoms with E-state index in [1.807, 2.05) is 6.07 Å². The molecular weight excluding hydrogens is 231 g/mol. The third-order valence-corrected chi connectivity index (χ3v) is 2.57. The first kappa shape index (κ1) is 12.2. The van der Waals surface area contributed by atoms with E-state index in [9.17, 15) is 4.39 Å². The standard InChI is InChI=1S/C13H13FN4/c1-8(15)10-11(14)12(17-18-13(10)16-2)9-6-4-3-5-7-9/h3-7,15H,1-2H3,(H,16,18). The average molecular weight is 244 g/mol. The van der Waals surface area contributed by atoms with Crippen LogP contribution in [0.15, 0.2) is 30.3 Å². The molecule has 1 aromatic carbocycles. The van der Waals surface area contributed by atoms with Crippen LogP contribution in [0.1, 0.15) is 12.5 Å². The molecule has 0 spiro atoms. The number of nitrogens with one attached hydrogen (secondary N) is 2. The minimum atomic E-state index is -0.520. The summed E-state index contributed by atoms with van der Waals surface area (Å²) in [6.45, 7) is 1.52. The van der Waals surface area contributed by atoms with Crippen molar-refractivity contribution in [2.75, 3.05) is 12.4 Å². The molecule has 0 saturated carbocycles. The fourth-order valence-corrected chi connectivity index (χ4v) is 1.71. The predicted octanol–water partition coefficient (Wildman–Crippen LogP) is 2.71. The summed E-state index contributed by atoms with van der Waals surface area (Å²) in [6, 6.07) is 8.97. The third-order valence-electron chi connectivity index (χ3n) is 2.57. The second-order valence-electron chi connectivity index (χ2n) is 3.83. The highest BCUT2D eigenvalue weighted by molar-refractivity contribution is 6.01. The van der Waals surface area contributed by atoms with Gasteiger partial charge < -0.3 is 10.7 Å². The van der Waals surface area contributed by atoms with Gasteiger partial charge in [-0.2, -0.15) is 0 Å². The molecule has 0 saturated heterocycles. The molecule has 0 amide bonds. The molecule has 0 unspecified atom stereocenters. The largest absolute Gasteiger partial charge is 0.371 e. The summed E-state index contributed by atoms with van der Waals surface area (Å²) in [7, 11) is 1.62. The Labute approximate surface area is 104 Å². The molecule has 92 valence electrons. The Morgan fingerprint density at radius 1 is 1.22 bits per heavy atom. The molecule has 0 fully saturated rings. The second kappa shape index (κ2) is 4.91. The number of hydrogen-bond acceptors (Lipinski definition) is 4. The lowest BCUT2D eigenvalue weighted by atomic mass is 10.1. The molecule has 1 aromatic heterocycles. The zero-order valence-corrected chi connectivity index (χ0v) is 10.2. The molecule has 1 heterocycles. The van der Waals surface area contributed by atoms with Crippen molar-refractivity contribution in [3.05, 3.63) is 41.7 Å². The van der Waals surface area contributed by atoms with Crippen LogP contribution < -0.4 is 5.32 Å². The number of aromatic nitrogens is 2. The van der Waals surface area contributed by atoms with Gasteiger partial charge in [-0.25, -0.2) is 4.39 Å². The average Bonchev–Trinajstić information content (AvgIpc) is 2.38. The fourth-order valence-electron chi connectivity index (χ4n) is 1.71. The van der Waals surface area contributed by atoms with E-state index in [1.54, 1.807) is 31.3 Å². The van der Waals surface area contributed by atoms with E-state index in [1.165, 1.54) is 6.92 Å². The number of hydrogen-bond donors (Lipinski definition) is 2. The number of halogens is 1. The fraction of sp³-hybridized carbons (Fsp3) is 0.154. The van der Waals surface area contributed by atoms with Crippen molar-refractivity contribution in [3.8, 4) is 11.3 Å². The van der Waals surface area contributed by atoms with Gasteiger partial charge >= 0.3 is 0 Å². The topological polar surface area (TPSA) is 61.7 Å². The van der Waals surface area contributed by atoms with Gasteiger partial charge in [0.25, 0.3) is 0 Å². The molecule has 18 heavy (non-hydrogen) atoms. The number of rotatable bonds is 3. The molecule has 4 nitrogen and oxygen atoms in total.